The number of aromatic nitrogens is 2. The van der Waals surface area contributed by atoms with Crippen LogP contribution in [0.15, 0.2) is 0 Å². The average Bonchev–Trinajstić information content (AvgIpc) is 2.67. The van der Waals surface area contributed by atoms with Crippen LogP contribution < -0.4 is 4.74 Å². The summed E-state index contributed by atoms with van der Waals surface area (Å²) in [5, 5.41) is 13.5. The number of aromatic carboxylic acids is 1. The van der Waals surface area contributed by atoms with Gasteiger partial charge in [0.25, 0.3) is 0 Å². The largest absolute Gasteiger partial charge is 0.481 e. The molecule has 0 bridgehead atoms. The number of rotatable bonds is 3. The Morgan fingerprint density at radius 3 is 2.59 bits per heavy atom. The highest BCUT2D eigenvalue weighted by Crippen LogP contribution is 2.33. The molecule has 17 heavy (non-hydrogen) atoms. The number of hydrogen-bond acceptors (Lipinski definition) is 3. The summed E-state index contributed by atoms with van der Waals surface area (Å²) in [5.74, 6) is -0.580. The fourth-order valence-corrected chi connectivity index (χ4v) is 2.54. The van der Waals surface area contributed by atoms with Crippen molar-refractivity contribution in [2.24, 2.45) is 0 Å². The fraction of sp³-hybridized carbons (Fsp3) is 0.667. The molecular formula is C12H18N2O3. The molecule has 0 aromatic carbocycles. The summed E-state index contributed by atoms with van der Waals surface area (Å²) in [5.41, 5.74) is 0.720. The summed E-state index contributed by atoms with van der Waals surface area (Å²) in [6.07, 6.45) is 5.71. The van der Waals surface area contributed by atoms with E-state index in [-0.39, 0.29) is 11.6 Å². The predicted molar refractivity (Wildman–Crippen MR) is 62.6 cm³/mol. The number of carboxylic acids is 1. The van der Waals surface area contributed by atoms with Gasteiger partial charge in [-0.05, 0) is 19.8 Å². The van der Waals surface area contributed by atoms with Crippen molar-refractivity contribution in [2.75, 3.05) is 7.11 Å². The fourth-order valence-electron chi connectivity index (χ4n) is 2.54. The first-order chi connectivity index (χ1) is 8.15. The smallest absolute Gasteiger partial charge is 0.343 e. The molecule has 5 heteroatoms. The minimum Gasteiger partial charge on any atom is -0.481 e. The molecule has 0 radical (unpaired) electrons. The number of methoxy groups -OCH3 is 1. The molecule has 0 amide bonds. The van der Waals surface area contributed by atoms with E-state index in [0.717, 1.165) is 12.8 Å². The third kappa shape index (κ3) is 2.14. The minimum atomic E-state index is -0.971. The van der Waals surface area contributed by atoms with Gasteiger partial charge in [-0.25, -0.2) is 9.48 Å². The van der Waals surface area contributed by atoms with E-state index in [1.807, 2.05) is 0 Å². The number of carbonyl (C=O) groups is 1. The van der Waals surface area contributed by atoms with Gasteiger partial charge in [0, 0.05) is 0 Å². The highest BCUT2D eigenvalue weighted by Gasteiger charge is 2.26. The lowest BCUT2D eigenvalue weighted by Crippen LogP contribution is -2.15. The maximum absolute atomic E-state index is 11.2. The number of aryl methyl sites for hydroxylation is 1. The van der Waals surface area contributed by atoms with Gasteiger partial charge in [0.1, 0.15) is 5.56 Å². The van der Waals surface area contributed by atoms with Gasteiger partial charge in [0.15, 0.2) is 0 Å². The molecule has 1 aromatic heterocycles. The summed E-state index contributed by atoms with van der Waals surface area (Å²) in [4.78, 5) is 11.2. The monoisotopic (exact) mass is 238 g/mol. The van der Waals surface area contributed by atoms with Gasteiger partial charge in [-0.15, -0.1) is 0 Å². The quantitative estimate of drug-likeness (QED) is 0.878. The van der Waals surface area contributed by atoms with Crippen LogP contribution in [0.25, 0.3) is 0 Å². The van der Waals surface area contributed by atoms with Crippen LogP contribution in [0, 0.1) is 6.92 Å². The molecule has 0 aliphatic heterocycles. The third-order valence-corrected chi connectivity index (χ3v) is 3.37. The van der Waals surface area contributed by atoms with Gasteiger partial charge in [-0.1, -0.05) is 19.3 Å². The lowest BCUT2D eigenvalue weighted by atomic mass is 9.96. The van der Waals surface area contributed by atoms with Crippen LogP contribution in [0.5, 0.6) is 5.88 Å². The Morgan fingerprint density at radius 2 is 2.06 bits per heavy atom. The maximum atomic E-state index is 11.2. The molecule has 5 nitrogen and oxygen atoms in total. The van der Waals surface area contributed by atoms with Crippen LogP contribution in [0.3, 0.4) is 0 Å². The molecule has 1 aliphatic rings. The Bertz CT molecular complexity index is 420. The average molecular weight is 238 g/mol. The van der Waals surface area contributed by atoms with Crippen LogP contribution in [0.1, 0.15) is 54.2 Å². The Labute approximate surface area is 100 Å². The summed E-state index contributed by atoms with van der Waals surface area (Å²) in [6, 6.07) is 0.283. The van der Waals surface area contributed by atoms with E-state index >= 15 is 0 Å². The Morgan fingerprint density at radius 1 is 1.41 bits per heavy atom. The zero-order chi connectivity index (χ0) is 12.4. The highest BCUT2D eigenvalue weighted by atomic mass is 16.5. The normalized spacial score (nSPS) is 17.1. The first-order valence-electron chi connectivity index (χ1n) is 6.01. The van der Waals surface area contributed by atoms with E-state index in [1.54, 1.807) is 11.6 Å². The van der Waals surface area contributed by atoms with Gasteiger partial charge in [0.05, 0.1) is 18.8 Å². The van der Waals surface area contributed by atoms with Crippen molar-refractivity contribution in [1.82, 2.24) is 9.78 Å². The summed E-state index contributed by atoms with van der Waals surface area (Å²) in [6.45, 7) is 1.71. The summed E-state index contributed by atoms with van der Waals surface area (Å²) < 4.78 is 6.99. The van der Waals surface area contributed by atoms with E-state index in [4.69, 9.17) is 9.84 Å². The minimum absolute atomic E-state index is 0.193. The van der Waals surface area contributed by atoms with E-state index in [0.29, 0.717) is 11.6 Å². The Balaban J connectivity index is 2.39. The Hall–Kier alpha value is -1.52. The SMILES string of the molecule is COc1c(C(=O)O)c(C)nn1C1CCCCC1. The van der Waals surface area contributed by atoms with Crippen LogP contribution in [0.4, 0.5) is 0 Å². The lowest BCUT2D eigenvalue weighted by molar-refractivity contribution is 0.0691. The molecule has 0 saturated heterocycles. The molecule has 1 fully saturated rings. The van der Waals surface area contributed by atoms with Crippen molar-refractivity contribution < 1.29 is 14.6 Å². The van der Waals surface area contributed by atoms with Crippen LogP contribution in [0.2, 0.25) is 0 Å². The first-order valence-corrected chi connectivity index (χ1v) is 6.01. The van der Waals surface area contributed by atoms with Crippen LogP contribution in [-0.2, 0) is 0 Å². The molecule has 1 N–H and O–H groups in total. The van der Waals surface area contributed by atoms with Gasteiger partial charge in [0.2, 0.25) is 5.88 Å². The second-order valence-corrected chi connectivity index (χ2v) is 4.51. The van der Waals surface area contributed by atoms with Crippen LogP contribution >= 0.6 is 0 Å². The number of ether oxygens (including phenoxy) is 1. The van der Waals surface area contributed by atoms with Crippen molar-refractivity contribution in [3.63, 3.8) is 0 Å². The molecule has 0 unspecified atom stereocenters. The number of carboxylic acid groups (broad SMARTS) is 1. The van der Waals surface area contributed by atoms with Gasteiger partial charge >= 0.3 is 5.97 Å². The second kappa shape index (κ2) is 4.77. The predicted octanol–water partition coefficient (Wildman–Crippen LogP) is 2.40. The summed E-state index contributed by atoms with van der Waals surface area (Å²) in [7, 11) is 1.50. The highest BCUT2D eigenvalue weighted by molar-refractivity contribution is 5.91. The van der Waals surface area contributed by atoms with Crippen molar-refractivity contribution in [1.29, 1.82) is 0 Å². The second-order valence-electron chi connectivity index (χ2n) is 4.51. The number of hydrogen-bond donors (Lipinski definition) is 1. The van der Waals surface area contributed by atoms with Crippen molar-refractivity contribution >= 4 is 5.97 Å². The molecular weight excluding hydrogens is 220 g/mol. The maximum Gasteiger partial charge on any atom is 0.343 e. The van der Waals surface area contributed by atoms with Crippen molar-refractivity contribution in [2.45, 2.75) is 45.1 Å². The van der Waals surface area contributed by atoms with Gasteiger partial charge in [-0.2, -0.15) is 5.10 Å². The lowest BCUT2D eigenvalue weighted by Gasteiger charge is -2.23. The zero-order valence-corrected chi connectivity index (χ0v) is 10.3. The zero-order valence-electron chi connectivity index (χ0n) is 10.3. The van der Waals surface area contributed by atoms with E-state index in [9.17, 15) is 4.79 Å². The van der Waals surface area contributed by atoms with E-state index < -0.39 is 5.97 Å². The third-order valence-electron chi connectivity index (χ3n) is 3.37. The van der Waals surface area contributed by atoms with Gasteiger partial charge in [-0.3, -0.25) is 0 Å². The molecule has 1 saturated carbocycles. The van der Waals surface area contributed by atoms with Crippen LogP contribution in [-0.4, -0.2) is 28.0 Å². The molecule has 1 aliphatic carbocycles. The standard InChI is InChI=1S/C12H18N2O3/c1-8-10(12(15)16)11(17-2)14(13-8)9-6-4-3-5-7-9/h9H,3-7H2,1-2H3,(H,15,16). The molecule has 0 atom stereocenters. The molecule has 1 heterocycles. The number of nitrogens with zero attached hydrogens (tertiary/aromatic N) is 2. The van der Waals surface area contributed by atoms with E-state index in [1.165, 1.54) is 26.4 Å². The van der Waals surface area contributed by atoms with Gasteiger partial charge < -0.3 is 9.84 Å². The topological polar surface area (TPSA) is 64.3 Å². The molecule has 2 rings (SSSR count). The first kappa shape index (κ1) is 12.0. The van der Waals surface area contributed by atoms with Crippen molar-refractivity contribution in [3.8, 4) is 5.88 Å². The van der Waals surface area contributed by atoms with E-state index in [2.05, 4.69) is 5.10 Å². The Kier molecular flexibility index (Phi) is 3.36. The molecule has 1 aromatic rings. The molecule has 94 valence electrons. The molecule has 0 spiro atoms. The summed E-state index contributed by atoms with van der Waals surface area (Å²) >= 11 is 0. The van der Waals surface area contributed by atoms with Crippen molar-refractivity contribution in [3.05, 3.63) is 11.3 Å².